The molecule has 7 heteroatoms. The van der Waals surface area contributed by atoms with Crippen molar-refractivity contribution in [1.82, 2.24) is 24.9 Å². The average molecular weight is 407 g/mol. The fraction of sp³-hybridized carbons (Fsp3) is 0.522. The number of piperidine rings is 1. The summed E-state index contributed by atoms with van der Waals surface area (Å²) in [5.74, 6) is 1.13. The van der Waals surface area contributed by atoms with Gasteiger partial charge in [-0.1, -0.05) is 13.0 Å². The number of anilines is 1. The molecule has 7 nitrogen and oxygen atoms in total. The van der Waals surface area contributed by atoms with Gasteiger partial charge in [0.05, 0.1) is 17.6 Å². The van der Waals surface area contributed by atoms with Gasteiger partial charge >= 0.3 is 0 Å². The monoisotopic (exact) mass is 406 g/mol. The molecule has 0 aromatic carbocycles. The molecule has 3 atom stereocenters. The summed E-state index contributed by atoms with van der Waals surface area (Å²) in [7, 11) is 0. The predicted octanol–water partition coefficient (Wildman–Crippen LogP) is 3.16. The summed E-state index contributed by atoms with van der Waals surface area (Å²) in [4.78, 5) is 9.61. The second-order valence-corrected chi connectivity index (χ2v) is 9.31. The van der Waals surface area contributed by atoms with Crippen molar-refractivity contribution in [3.05, 3.63) is 41.5 Å². The fourth-order valence-corrected chi connectivity index (χ4v) is 5.17. The molecule has 3 aromatic heterocycles. The molecule has 158 valence electrons. The second kappa shape index (κ2) is 7.03. The average Bonchev–Trinajstić information content (AvgIpc) is 3.30. The molecule has 2 saturated heterocycles. The Morgan fingerprint density at radius 3 is 2.53 bits per heavy atom. The minimum absolute atomic E-state index is 0.435. The molecule has 0 amide bonds. The third-order valence-corrected chi connectivity index (χ3v) is 6.73. The van der Waals surface area contributed by atoms with Gasteiger partial charge in [-0.15, -0.1) is 0 Å². The molecule has 0 aliphatic carbocycles. The summed E-state index contributed by atoms with van der Waals surface area (Å²) in [5, 5.41) is 18.5. The Bertz CT molecular complexity index is 1070. The highest BCUT2D eigenvalue weighted by molar-refractivity contribution is 5.78. The van der Waals surface area contributed by atoms with Gasteiger partial charge < -0.3 is 16.2 Å². The lowest BCUT2D eigenvalue weighted by Crippen LogP contribution is -2.37. The highest BCUT2D eigenvalue weighted by atomic mass is 16.3. The number of nitrogens with zero attached hydrogens (tertiary/aromatic N) is 4. The van der Waals surface area contributed by atoms with Gasteiger partial charge in [-0.3, -0.25) is 4.98 Å². The first-order chi connectivity index (χ1) is 14.3. The zero-order chi connectivity index (χ0) is 21.0. The summed E-state index contributed by atoms with van der Waals surface area (Å²) in [6, 6.07) is 5.02. The maximum absolute atomic E-state index is 10.2. The van der Waals surface area contributed by atoms with Crippen molar-refractivity contribution in [2.45, 2.75) is 76.5 Å². The zero-order valence-corrected chi connectivity index (χ0v) is 17.9. The molecule has 5 heterocycles. The molecule has 5 rings (SSSR count). The van der Waals surface area contributed by atoms with Crippen LogP contribution >= 0.6 is 0 Å². The number of aromatic nitrogens is 4. The van der Waals surface area contributed by atoms with E-state index in [0.29, 0.717) is 29.5 Å². The van der Waals surface area contributed by atoms with Gasteiger partial charge in [0.2, 0.25) is 0 Å². The zero-order valence-electron chi connectivity index (χ0n) is 17.9. The normalized spacial score (nSPS) is 23.9. The first kappa shape index (κ1) is 19.5. The third-order valence-electron chi connectivity index (χ3n) is 6.73. The highest BCUT2D eigenvalue weighted by Crippen LogP contribution is 2.40. The van der Waals surface area contributed by atoms with E-state index >= 15 is 0 Å². The van der Waals surface area contributed by atoms with Crippen LogP contribution in [-0.2, 0) is 12.0 Å². The second-order valence-electron chi connectivity index (χ2n) is 9.31. The van der Waals surface area contributed by atoms with E-state index in [1.54, 1.807) is 24.6 Å². The molecule has 0 saturated carbocycles. The molecule has 0 radical (unpaired) electrons. The Labute approximate surface area is 176 Å². The molecule has 1 unspecified atom stereocenters. The Kier molecular flexibility index (Phi) is 4.56. The Balaban J connectivity index is 1.61. The SMILES string of the molecule is CCc1c(C2C[C@H]3CC[C@@H](C2)N3)nc2c(-c3ccc(C(C)(C)O)nc3)cnn2c1N. The van der Waals surface area contributed by atoms with Crippen LogP contribution in [-0.4, -0.2) is 36.8 Å². The van der Waals surface area contributed by atoms with Crippen LogP contribution in [0.15, 0.2) is 24.5 Å². The third kappa shape index (κ3) is 3.17. The van der Waals surface area contributed by atoms with Crippen molar-refractivity contribution in [2.75, 3.05) is 5.73 Å². The summed E-state index contributed by atoms with van der Waals surface area (Å²) in [6.07, 6.45) is 9.21. The van der Waals surface area contributed by atoms with E-state index in [9.17, 15) is 5.11 Å². The van der Waals surface area contributed by atoms with Crippen molar-refractivity contribution in [3.63, 3.8) is 0 Å². The molecule has 2 bridgehead atoms. The number of rotatable bonds is 4. The standard InChI is InChI=1S/C23H30N6O/c1-4-17-20(14-9-15-6-7-16(10-14)27-15)28-22-18(12-26-29(22)21(17)24)13-5-8-19(25-11-13)23(2,3)30/h5,8,11-12,14-16,27,30H,4,6-7,9-10,24H2,1-3H3/t14?,15-,16+. The molecular weight excluding hydrogens is 376 g/mol. The molecule has 30 heavy (non-hydrogen) atoms. The number of fused-ring (bicyclic) bond motifs is 3. The molecular formula is C23H30N6O. The Hall–Kier alpha value is -2.51. The van der Waals surface area contributed by atoms with E-state index < -0.39 is 5.60 Å². The predicted molar refractivity (Wildman–Crippen MR) is 117 cm³/mol. The molecule has 2 aliphatic heterocycles. The summed E-state index contributed by atoms with van der Waals surface area (Å²) < 4.78 is 1.76. The first-order valence-corrected chi connectivity index (χ1v) is 11.0. The number of nitrogens with two attached hydrogens (primary N) is 1. The molecule has 3 aromatic rings. The van der Waals surface area contributed by atoms with E-state index in [0.717, 1.165) is 47.3 Å². The van der Waals surface area contributed by atoms with E-state index in [2.05, 4.69) is 22.3 Å². The van der Waals surface area contributed by atoms with E-state index in [-0.39, 0.29) is 0 Å². The smallest absolute Gasteiger partial charge is 0.165 e. The van der Waals surface area contributed by atoms with Crippen molar-refractivity contribution >= 4 is 11.5 Å². The molecule has 2 aliphatic rings. The maximum atomic E-state index is 10.2. The van der Waals surface area contributed by atoms with Gasteiger partial charge in [0.25, 0.3) is 0 Å². The van der Waals surface area contributed by atoms with Gasteiger partial charge in [0.1, 0.15) is 11.4 Å². The first-order valence-electron chi connectivity index (χ1n) is 11.0. The van der Waals surface area contributed by atoms with Crippen LogP contribution in [0.3, 0.4) is 0 Å². The van der Waals surface area contributed by atoms with Crippen LogP contribution in [0.5, 0.6) is 0 Å². The Morgan fingerprint density at radius 2 is 1.93 bits per heavy atom. The summed E-state index contributed by atoms with van der Waals surface area (Å²) in [5.41, 5.74) is 11.1. The van der Waals surface area contributed by atoms with Crippen LogP contribution in [0.4, 0.5) is 5.82 Å². The number of hydrogen-bond acceptors (Lipinski definition) is 6. The van der Waals surface area contributed by atoms with Crippen LogP contribution in [0.25, 0.3) is 16.8 Å². The lowest BCUT2D eigenvalue weighted by molar-refractivity contribution is 0.0739. The lowest BCUT2D eigenvalue weighted by Gasteiger charge is -2.30. The van der Waals surface area contributed by atoms with Gasteiger partial charge in [0, 0.05) is 40.9 Å². The fourth-order valence-electron chi connectivity index (χ4n) is 5.17. The molecule has 0 spiro atoms. The van der Waals surface area contributed by atoms with Gasteiger partial charge in [-0.05, 0) is 52.0 Å². The minimum Gasteiger partial charge on any atom is -0.384 e. The minimum atomic E-state index is -0.972. The highest BCUT2D eigenvalue weighted by Gasteiger charge is 2.36. The van der Waals surface area contributed by atoms with Crippen molar-refractivity contribution < 1.29 is 5.11 Å². The van der Waals surface area contributed by atoms with Crippen LogP contribution in [0, 0.1) is 0 Å². The summed E-state index contributed by atoms with van der Waals surface area (Å²) in [6.45, 7) is 5.61. The van der Waals surface area contributed by atoms with E-state index in [4.69, 9.17) is 10.7 Å². The lowest BCUT2D eigenvalue weighted by atomic mass is 9.86. The summed E-state index contributed by atoms with van der Waals surface area (Å²) >= 11 is 0. The van der Waals surface area contributed by atoms with Crippen LogP contribution < -0.4 is 11.1 Å². The van der Waals surface area contributed by atoms with Crippen LogP contribution in [0.2, 0.25) is 0 Å². The van der Waals surface area contributed by atoms with Gasteiger partial charge in [-0.25, -0.2) is 4.98 Å². The van der Waals surface area contributed by atoms with Crippen molar-refractivity contribution in [2.24, 2.45) is 0 Å². The van der Waals surface area contributed by atoms with Gasteiger partial charge in [-0.2, -0.15) is 9.61 Å². The van der Waals surface area contributed by atoms with E-state index in [1.807, 2.05) is 18.3 Å². The number of nitrogens with one attached hydrogen (secondary N) is 1. The largest absolute Gasteiger partial charge is 0.384 e. The number of aliphatic hydroxyl groups is 1. The molecule has 2 fully saturated rings. The Morgan fingerprint density at radius 1 is 1.20 bits per heavy atom. The molecule has 4 N–H and O–H groups in total. The quantitative estimate of drug-likeness (QED) is 0.615. The number of hydrogen-bond donors (Lipinski definition) is 3. The van der Waals surface area contributed by atoms with E-state index in [1.165, 1.54) is 12.8 Å². The topological polar surface area (TPSA) is 101 Å². The van der Waals surface area contributed by atoms with Crippen LogP contribution in [0.1, 0.15) is 69.3 Å². The maximum Gasteiger partial charge on any atom is 0.165 e. The number of nitrogen functional groups attached to an aromatic ring is 1. The van der Waals surface area contributed by atoms with Crippen molar-refractivity contribution in [3.8, 4) is 11.1 Å². The van der Waals surface area contributed by atoms with Crippen molar-refractivity contribution in [1.29, 1.82) is 0 Å². The van der Waals surface area contributed by atoms with Gasteiger partial charge in [0.15, 0.2) is 5.65 Å². The number of pyridine rings is 1.